The molecule has 4 rings (SSSR count). The molecule has 0 bridgehead atoms. The van der Waals surface area contributed by atoms with Gasteiger partial charge in [-0.15, -0.1) is 0 Å². The van der Waals surface area contributed by atoms with Crippen LogP contribution in [-0.4, -0.2) is 5.16 Å². The van der Waals surface area contributed by atoms with E-state index in [1.54, 1.807) is 12.2 Å². The van der Waals surface area contributed by atoms with Gasteiger partial charge in [-0.1, -0.05) is 23.4 Å². The molecule has 2 aromatic heterocycles. The van der Waals surface area contributed by atoms with Gasteiger partial charge in [-0.3, -0.25) is 4.79 Å². The highest BCUT2D eigenvalue weighted by molar-refractivity contribution is 5.89. The number of nitrogens with zero attached hydrogens (tertiary/aromatic N) is 1. The Balaban J connectivity index is 1.82. The zero-order chi connectivity index (χ0) is 16.7. The summed E-state index contributed by atoms with van der Waals surface area (Å²) in [7, 11) is 0. The summed E-state index contributed by atoms with van der Waals surface area (Å²) in [5.74, 6) is 0. The molecule has 2 heterocycles. The van der Waals surface area contributed by atoms with Crippen LogP contribution in [0.25, 0.3) is 34.1 Å². The third-order valence-corrected chi connectivity index (χ3v) is 4.06. The van der Waals surface area contributed by atoms with Crippen LogP contribution in [0.3, 0.4) is 0 Å². The molecule has 2 aromatic carbocycles. The van der Waals surface area contributed by atoms with Crippen molar-refractivity contribution < 1.29 is 8.94 Å². The highest BCUT2D eigenvalue weighted by Gasteiger charge is 2.09. The van der Waals surface area contributed by atoms with E-state index >= 15 is 0 Å². The maximum Gasteiger partial charge on any atom is 0.199 e. The molecule has 0 spiro atoms. The number of benzene rings is 2. The van der Waals surface area contributed by atoms with Gasteiger partial charge >= 0.3 is 0 Å². The van der Waals surface area contributed by atoms with Crippen molar-refractivity contribution in [2.75, 3.05) is 0 Å². The Morgan fingerprint density at radius 2 is 1.88 bits per heavy atom. The van der Waals surface area contributed by atoms with Gasteiger partial charge in [0.05, 0.1) is 10.9 Å². The summed E-state index contributed by atoms with van der Waals surface area (Å²) in [5, 5.41) is 5.54. The summed E-state index contributed by atoms with van der Waals surface area (Å²) < 4.78 is 10.9. The van der Waals surface area contributed by atoms with E-state index in [2.05, 4.69) is 5.16 Å². The number of hydrogen-bond acceptors (Lipinski definition) is 4. The highest BCUT2D eigenvalue weighted by Crippen LogP contribution is 2.21. The molecule has 0 saturated heterocycles. The molecular formula is C20H15NO3. The summed E-state index contributed by atoms with van der Waals surface area (Å²) in [6.07, 6.45) is 4.98. The van der Waals surface area contributed by atoms with E-state index in [9.17, 15) is 4.79 Å². The van der Waals surface area contributed by atoms with E-state index in [4.69, 9.17) is 8.94 Å². The van der Waals surface area contributed by atoms with Gasteiger partial charge in [-0.25, -0.2) is 0 Å². The van der Waals surface area contributed by atoms with Crippen LogP contribution in [0.15, 0.2) is 56.4 Å². The molecule has 0 amide bonds. The second kappa shape index (κ2) is 5.49. The minimum Gasteiger partial charge on any atom is -0.463 e. The number of rotatable bonds is 2. The Kier molecular flexibility index (Phi) is 3.31. The first-order chi connectivity index (χ1) is 11.6. The second-order valence-corrected chi connectivity index (χ2v) is 5.88. The molecule has 0 aliphatic carbocycles. The van der Waals surface area contributed by atoms with Crippen molar-refractivity contribution in [3.05, 3.63) is 75.3 Å². The van der Waals surface area contributed by atoms with Gasteiger partial charge in [0.25, 0.3) is 0 Å². The minimum atomic E-state index is -0.0490. The molecule has 4 heteroatoms. The Morgan fingerprint density at radius 3 is 2.75 bits per heavy atom. The second-order valence-electron chi connectivity index (χ2n) is 5.88. The lowest BCUT2D eigenvalue weighted by Crippen LogP contribution is -2.05. The van der Waals surface area contributed by atoms with Gasteiger partial charge < -0.3 is 8.94 Å². The normalized spacial score (nSPS) is 11.8. The first-order valence-electron chi connectivity index (χ1n) is 7.69. The SMILES string of the molecule is Cc1cc(C)c2occ(/C=C/c3noc4ccccc34)c(=O)c2c1. The summed E-state index contributed by atoms with van der Waals surface area (Å²) in [5.41, 5.74) is 4.47. The molecule has 0 aliphatic heterocycles. The molecule has 0 saturated carbocycles. The fourth-order valence-electron chi connectivity index (χ4n) is 2.92. The molecule has 0 fully saturated rings. The van der Waals surface area contributed by atoms with E-state index < -0.39 is 0 Å². The molecule has 0 radical (unpaired) electrons. The lowest BCUT2D eigenvalue weighted by Gasteiger charge is -2.03. The zero-order valence-electron chi connectivity index (χ0n) is 13.4. The molecule has 24 heavy (non-hydrogen) atoms. The van der Waals surface area contributed by atoms with Gasteiger partial charge in [0.1, 0.15) is 17.5 Å². The van der Waals surface area contributed by atoms with Crippen molar-refractivity contribution in [2.45, 2.75) is 13.8 Å². The average molecular weight is 317 g/mol. The zero-order valence-corrected chi connectivity index (χ0v) is 13.4. The topological polar surface area (TPSA) is 56.2 Å². The molecule has 0 aliphatic rings. The minimum absolute atomic E-state index is 0.0490. The van der Waals surface area contributed by atoms with Crippen LogP contribution in [0.5, 0.6) is 0 Å². The number of para-hydroxylation sites is 1. The number of aryl methyl sites for hydroxylation is 2. The standard InChI is InChI=1S/C20H15NO3/c1-12-9-13(2)20-16(10-12)19(22)14(11-23-20)7-8-17-15-5-3-4-6-18(15)24-21-17/h3-11H,1-2H3/b8-7+. The lowest BCUT2D eigenvalue weighted by atomic mass is 10.1. The molecule has 4 aromatic rings. The number of fused-ring (bicyclic) bond motifs is 2. The molecule has 118 valence electrons. The fourth-order valence-corrected chi connectivity index (χ4v) is 2.92. The van der Waals surface area contributed by atoms with Gasteiger partial charge in [0.2, 0.25) is 0 Å². The quantitative estimate of drug-likeness (QED) is 0.536. The van der Waals surface area contributed by atoms with E-state index in [1.807, 2.05) is 50.2 Å². The van der Waals surface area contributed by atoms with Gasteiger partial charge in [0.15, 0.2) is 11.0 Å². The van der Waals surface area contributed by atoms with Crippen molar-refractivity contribution in [3.8, 4) is 0 Å². The van der Waals surface area contributed by atoms with Gasteiger partial charge in [-0.05, 0) is 55.3 Å². The molecular weight excluding hydrogens is 302 g/mol. The van der Waals surface area contributed by atoms with Crippen LogP contribution in [0.4, 0.5) is 0 Å². The van der Waals surface area contributed by atoms with Crippen LogP contribution < -0.4 is 5.43 Å². The highest BCUT2D eigenvalue weighted by atomic mass is 16.5. The van der Waals surface area contributed by atoms with Crippen molar-refractivity contribution >= 4 is 34.1 Å². The van der Waals surface area contributed by atoms with Crippen molar-refractivity contribution in [2.24, 2.45) is 0 Å². The fraction of sp³-hybridized carbons (Fsp3) is 0.100. The third-order valence-electron chi connectivity index (χ3n) is 4.06. The Bertz CT molecular complexity index is 1150. The van der Waals surface area contributed by atoms with E-state index in [0.29, 0.717) is 27.8 Å². The van der Waals surface area contributed by atoms with Crippen LogP contribution in [0.2, 0.25) is 0 Å². The molecule has 0 N–H and O–H groups in total. The molecule has 0 unspecified atom stereocenters. The number of aromatic nitrogens is 1. The average Bonchev–Trinajstić information content (AvgIpc) is 2.98. The summed E-state index contributed by atoms with van der Waals surface area (Å²) in [6.45, 7) is 3.91. The van der Waals surface area contributed by atoms with Crippen LogP contribution in [0.1, 0.15) is 22.4 Å². The number of hydrogen-bond donors (Lipinski definition) is 0. The van der Waals surface area contributed by atoms with Crippen LogP contribution in [-0.2, 0) is 0 Å². The van der Waals surface area contributed by atoms with E-state index in [0.717, 1.165) is 16.5 Å². The summed E-state index contributed by atoms with van der Waals surface area (Å²) in [4.78, 5) is 12.7. The van der Waals surface area contributed by atoms with Crippen LogP contribution >= 0.6 is 0 Å². The maximum absolute atomic E-state index is 12.7. The summed E-state index contributed by atoms with van der Waals surface area (Å²) in [6, 6.07) is 11.5. The van der Waals surface area contributed by atoms with Crippen molar-refractivity contribution in [3.63, 3.8) is 0 Å². The van der Waals surface area contributed by atoms with Crippen LogP contribution in [0, 0.1) is 13.8 Å². The third kappa shape index (κ3) is 2.33. The summed E-state index contributed by atoms with van der Waals surface area (Å²) >= 11 is 0. The Hall–Kier alpha value is -3.14. The van der Waals surface area contributed by atoms with E-state index in [1.165, 1.54) is 6.26 Å². The first-order valence-corrected chi connectivity index (χ1v) is 7.69. The largest absolute Gasteiger partial charge is 0.463 e. The molecule has 0 atom stereocenters. The maximum atomic E-state index is 12.7. The smallest absolute Gasteiger partial charge is 0.199 e. The van der Waals surface area contributed by atoms with Gasteiger partial charge in [0, 0.05) is 5.39 Å². The van der Waals surface area contributed by atoms with Crippen molar-refractivity contribution in [1.29, 1.82) is 0 Å². The predicted octanol–water partition coefficient (Wildman–Crippen LogP) is 4.72. The predicted molar refractivity (Wildman–Crippen MR) is 94.9 cm³/mol. The Morgan fingerprint density at radius 1 is 1.04 bits per heavy atom. The molecule has 4 nitrogen and oxygen atoms in total. The monoisotopic (exact) mass is 317 g/mol. The Labute approximate surface area is 138 Å². The lowest BCUT2D eigenvalue weighted by molar-refractivity contribution is 0.454. The first kappa shape index (κ1) is 14.5. The van der Waals surface area contributed by atoms with Gasteiger partial charge in [-0.2, -0.15) is 0 Å². The van der Waals surface area contributed by atoms with Crippen molar-refractivity contribution in [1.82, 2.24) is 5.16 Å². The van der Waals surface area contributed by atoms with E-state index in [-0.39, 0.29) is 5.43 Å².